The van der Waals surface area contributed by atoms with Crippen molar-refractivity contribution in [2.45, 2.75) is 51.7 Å². The van der Waals surface area contributed by atoms with Gasteiger partial charge in [-0.1, -0.05) is 18.6 Å². The van der Waals surface area contributed by atoms with Crippen molar-refractivity contribution in [2.24, 2.45) is 11.7 Å². The molecule has 4 nitrogen and oxygen atoms in total. The summed E-state index contributed by atoms with van der Waals surface area (Å²) in [5, 5.41) is 3.13. The molecule has 0 bridgehead atoms. The van der Waals surface area contributed by atoms with E-state index in [4.69, 9.17) is 10.5 Å². The molecule has 2 atom stereocenters. The minimum absolute atomic E-state index is 0.0713. The highest BCUT2D eigenvalue weighted by Crippen LogP contribution is 2.24. The maximum atomic E-state index is 12.2. The molecule has 1 amide bonds. The number of nitrogens with two attached hydrogens (primary N) is 1. The Hall–Kier alpha value is -1.55. The zero-order valence-electron chi connectivity index (χ0n) is 13.0. The number of benzene rings is 1. The summed E-state index contributed by atoms with van der Waals surface area (Å²) in [7, 11) is 0. The fraction of sp³-hybridized carbons (Fsp3) is 0.588. The van der Waals surface area contributed by atoms with E-state index in [0.717, 1.165) is 30.6 Å². The second-order valence-corrected chi connectivity index (χ2v) is 6.09. The van der Waals surface area contributed by atoms with Gasteiger partial charge in [-0.15, -0.1) is 0 Å². The zero-order valence-corrected chi connectivity index (χ0v) is 13.0. The summed E-state index contributed by atoms with van der Waals surface area (Å²) in [4.78, 5) is 12.2. The van der Waals surface area contributed by atoms with Gasteiger partial charge < -0.3 is 15.8 Å². The molecule has 2 rings (SSSR count). The lowest BCUT2D eigenvalue weighted by Crippen LogP contribution is -2.40. The summed E-state index contributed by atoms with van der Waals surface area (Å²) in [6.07, 6.45) is 3.86. The van der Waals surface area contributed by atoms with Crippen LogP contribution in [0.1, 0.15) is 38.7 Å². The van der Waals surface area contributed by atoms with Gasteiger partial charge in [0.15, 0.2) is 0 Å². The van der Waals surface area contributed by atoms with E-state index in [2.05, 4.69) is 5.32 Å². The second kappa shape index (κ2) is 7.46. The summed E-state index contributed by atoms with van der Waals surface area (Å²) >= 11 is 0. The molecule has 1 aliphatic rings. The molecule has 0 radical (unpaired) electrons. The monoisotopic (exact) mass is 290 g/mol. The fourth-order valence-corrected chi connectivity index (χ4v) is 2.95. The predicted molar refractivity (Wildman–Crippen MR) is 84.2 cm³/mol. The largest absolute Gasteiger partial charge is 0.491 e. The number of amides is 1. The van der Waals surface area contributed by atoms with Crippen LogP contribution < -0.4 is 15.8 Å². The summed E-state index contributed by atoms with van der Waals surface area (Å²) in [6, 6.07) is 8.00. The molecule has 2 unspecified atom stereocenters. The SMILES string of the molecule is CC(C)Oc1cccc(CC(=O)NC2CCCC2CN)c1. The molecule has 0 aromatic heterocycles. The van der Waals surface area contributed by atoms with Crippen LogP contribution in [0.3, 0.4) is 0 Å². The molecule has 0 spiro atoms. The Labute approximate surface area is 127 Å². The van der Waals surface area contributed by atoms with Gasteiger partial charge in [0.05, 0.1) is 12.5 Å². The van der Waals surface area contributed by atoms with E-state index in [1.54, 1.807) is 0 Å². The molecule has 1 aliphatic carbocycles. The Balaban J connectivity index is 1.90. The van der Waals surface area contributed by atoms with E-state index in [9.17, 15) is 4.79 Å². The molecule has 0 saturated heterocycles. The number of carbonyl (C=O) groups is 1. The van der Waals surface area contributed by atoms with Gasteiger partial charge in [-0.2, -0.15) is 0 Å². The molecular weight excluding hydrogens is 264 g/mol. The third-order valence-electron chi connectivity index (χ3n) is 3.94. The van der Waals surface area contributed by atoms with Crippen molar-refractivity contribution >= 4 is 5.91 Å². The maximum absolute atomic E-state index is 12.2. The quantitative estimate of drug-likeness (QED) is 0.844. The zero-order chi connectivity index (χ0) is 15.2. The van der Waals surface area contributed by atoms with Crippen LogP contribution >= 0.6 is 0 Å². The van der Waals surface area contributed by atoms with Crippen LogP contribution in [-0.4, -0.2) is 24.6 Å². The first kappa shape index (κ1) is 15.8. The minimum Gasteiger partial charge on any atom is -0.491 e. The van der Waals surface area contributed by atoms with Crippen LogP contribution in [0.5, 0.6) is 5.75 Å². The lowest BCUT2D eigenvalue weighted by molar-refractivity contribution is -0.121. The molecule has 1 aromatic carbocycles. The third-order valence-corrected chi connectivity index (χ3v) is 3.94. The molecule has 116 valence electrons. The average Bonchev–Trinajstić information content (AvgIpc) is 2.85. The van der Waals surface area contributed by atoms with Gasteiger partial charge in [-0.25, -0.2) is 0 Å². The van der Waals surface area contributed by atoms with E-state index in [1.165, 1.54) is 0 Å². The topological polar surface area (TPSA) is 64.3 Å². The molecule has 1 aromatic rings. The maximum Gasteiger partial charge on any atom is 0.224 e. The van der Waals surface area contributed by atoms with Crippen LogP contribution in [0.15, 0.2) is 24.3 Å². The molecule has 1 saturated carbocycles. The molecule has 1 fully saturated rings. The van der Waals surface area contributed by atoms with Gasteiger partial charge in [0.25, 0.3) is 0 Å². The van der Waals surface area contributed by atoms with Gasteiger partial charge in [-0.05, 0) is 56.8 Å². The van der Waals surface area contributed by atoms with Crippen molar-refractivity contribution in [2.75, 3.05) is 6.54 Å². The lowest BCUT2D eigenvalue weighted by Gasteiger charge is -2.19. The normalized spacial score (nSPS) is 21.5. The van der Waals surface area contributed by atoms with Crippen molar-refractivity contribution in [3.8, 4) is 5.75 Å². The van der Waals surface area contributed by atoms with Crippen LogP contribution in [0, 0.1) is 5.92 Å². The molecule has 0 aliphatic heterocycles. The number of ether oxygens (including phenoxy) is 1. The summed E-state index contributed by atoms with van der Waals surface area (Å²) in [5.41, 5.74) is 6.73. The van der Waals surface area contributed by atoms with Gasteiger partial charge in [0.2, 0.25) is 5.91 Å². The minimum atomic E-state index is 0.0713. The second-order valence-electron chi connectivity index (χ2n) is 6.09. The molecule has 21 heavy (non-hydrogen) atoms. The van der Waals surface area contributed by atoms with Crippen molar-refractivity contribution < 1.29 is 9.53 Å². The average molecular weight is 290 g/mol. The first-order valence-corrected chi connectivity index (χ1v) is 7.83. The van der Waals surface area contributed by atoms with Gasteiger partial charge >= 0.3 is 0 Å². The Bertz CT molecular complexity index is 474. The van der Waals surface area contributed by atoms with E-state index in [0.29, 0.717) is 18.9 Å². The van der Waals surface area contributed by atoms with Gasteiger partial charge in [0, 0.05) is 6.04 Å². The van der Waals surface area contributed by atoms with Crippen molar-refractivity contribution in [3.63, 3.8) is 0 Å². The molecule has 4 heteroatoms. The number of rotatable bonds is 6. The van der Waals surface area contributed by atoms with Crippen LogP contribution in [0.2, 0.25) is 0 Å². The first-order valence-electron chi connectivity index (χ1n) is 7.83. The molecule has 3 N–H and O–H groups in total. The fourth-order valence-electron chi connectivity index (χ4n) is 2.95. The Morgan fingerprint density at radius 1 is 1.43 bits per heavy atom. The number of hydrogen-bond acceptors (Lipinski definition) is 3. The predicted octanol–water partition coefficient (Wildman–Crippen LogP) is 2.26. The highest BCUT2D eigenvalue weighted by molar-refractivity contribution is 5.79. The first-order chi connectivity index (χ1) is 10.1. The van der Waals surface area contributed by atoms with Crippen LogP contribution in [-0.2, 0) is 11.2 Å². The van der Waals surface area contributed by atoms with E-state index in [1.807, 2.05) is 38.1 Å². The Morgan fingerprint density at radius 3 is 2.95 bits per heavy atom. The lowest BCUT2D eigenvalue weighted by atomic mass is 10.0. The standard InChI is InChI=1S/C17H26N2O2/c1-12(2)21-15-7-3-5-13(9-15)10-17(20)19-16-8-4-6-14(16)11-18/h3,5,7,9,12,14,16H,4,6,8,10-11,18H2,1-2H3,(H,19,20). The molecular formula is C17H26N2O2. The van der Waals surface area contributed by atoms with Crippen LogP contribution in [0.4, 0.5) is 0 Å². The van der Waals surface area contributed by atoms with Crippen LogP contribution in [0.25, 0.3) is 0 Å². The Kier molecular flexibility index (Phi) is 5.62. The van der Waals surface area contributed by atoms with Crippen molar-refractivity contribution in [1.29, 1.82) is 0 Å². The smallest absolute Gasteiger partial charge is 0.224 e. The summed E-state index contributed by atoms with van der Waals surface area (Å²) in [5.74, 6) is 1.32. The molecule has 0 heterocycles. The van der Waals surface area contributed by atoms with E-state index >= 15 is 0 Å². The van der Waals surface area contributed by atoms with Crippen molar-refractivity contribution in [1.82, 2.24) is 5.32 Å². The van der Waals surface area contributed by atoms with Gasteiger partial charge in [0.1, 0.15) is 5.75 Å². The highest BCUT2D eigenvalue weighted by Gasteiger charge is 2.27. The van der Waals surface area contributed by atoms with Crippen molar-refractivity contribution in [3.05, 3.63) is 29.8 Å². The summed E-state index contributed by atoms with van der Waals surface area (Å²) < 4.78 is 5.66. The van der Waals surface area contributed by atoms with E-state index in [-0.39, 0.29) is 18.1 Å². The highest BCUT2D eigenvalue weighted by atomic mass is 16.5. The number of nitrogens with one attached hydrogen (secondary N) is 1. The Morgan fingerprint density at radius 2 is 2.24 bits per heavy atom. The summed E-state index contributed by atoms with van der Waals surface area (Å²) in [6.45, 7) is 4.64. The number of hydrogen-bond donors (Lipinski definition) is 2. The third kappa shape index (κ3) is 4.74. The van der Waals surface area contributed by atoms with E-state index < -0.39 is 0 Å². The van der Waals surface area contributed by atoms with Gasteiger partial charge in [-0.3, -0.25) is 4.79 Å². The number of carbonyl (C=O) groups excluding carboxylic acids is 1.